The highest BCUT2D eigenvalue weighted by molar-refractivity contribution is 6.09. The fourth-order valence-corrected chi connectivity index (χ4v) is 3.84. The molecular weight excluding hydrogens is 394 g/mol. The zero-order valence-corrected chi connectivity index (χ0v) is 18.2. The predicted octanol–water partition coefficient (Wildman–Crippen LogP) is 3.69. The second-order valence-electron chi connectivity index (χ2n) is 8.82. The molecule has 31 heavy (non-hydrogen) atoms. The maximum atomic E-state index is 12.6. The third-order valence-electron chi connectivity index (χ3n) is 5.22. The highest BCUT2D eigenvalue weighted by atomic mass is 16.6. The summed E-state index contributed by atoms with van der Waals surface area (Å²) in [6.45, 7) is 6.62. The van der Waals surface area contributed by atoms with Crippen LogP contribution in [0.4, 0.5) is 4.79 Å². The lowest BCUT2D eigenvalue weighted by Crippen LogP contribution is -2.39. The third kappa shape index (κ3) is 4.19. The first-order valence-corrected chi connectivity index (χ1v) is 10.2. The first-order chi connectivity index (χ1) is 14.6. The third-order valence-corrected chi connectivity index (χ3v) is 5.22. The summed E-state index contributed by atoms with van der Waals surface area (Å²) in [5.41, 5.74) is 9.90. The van der Waals surface area contributed by atoms with E-state index in [1.807, 2.05) is 46.1 Å². The number of nitrogens with two attached hydrogens (primary N) is 1. The maximum Gasteiger partial charge on any atom is 0.410 e. The van der Waals surface area contributed by atoms with Crippen LogP contribution in [0.5, 0.6) is 0 Å². The lowest BCUT2D eigenvalue weighted by Gasteiger charge is -2.30. The number of H-pyrrole nitrogens is 1. The van der Waals surface area contributed by atoms with Crippen LogP contribution in [-0.2, 0) is 11.8 Å². The second kappa shape index (κ2) is 7.61. The second-order valence-corrected chi connectivity index (χ2v) is 8.82. The number of aryl methyl sites for hydroxylation is 1. The molecular formula is C23H27N5O3. The SMILES string of the molecule is Cn1cc(-c2cc3c(C4=CCCN(C(=O)OC(C)(C)C)C4)ccc(C(N)=O)c3[nH]2)cn1. The van der Waals surface area contributed by atoms with Crippen LogP contribution in [0, 0.1) is 0 Å². The molecule has 1 aliphatic heterocycles. The molecule has 2 aromatic heterocycles. The summed E-state index contributed by atoms with van der Waals surface area (Å²) in [7, 11) is 1.85. The van der Waals surface area contributed by atoms with Gasteiger partial charge < -0.3 is 20.4 Å². The normalized spacial score (nSPS) is 14.6. The van der Waals surface area contributed by atoms with E-state index in [1.165, 1.54) is 0 Å². The summed E-state index contributed by atoms with van der Waals surface area (Å²) in [4.78, 5) is 29.7. The first-order valence-electron chi connectivity index (χ1n) is 10.2. The minimum Gasteiger partial charge on any atom is -0.444 e. The number of benzene rings is 1. The highest BCUT2D eigenvalue weighted by Gasteiger charge is 2.26. The Hall–Kier alpha value is -3.55. The van der Waals surface area contributed by atoms with Gasteiger partial charge in [-0.3, -0.25) is 9.48 Å². The van der Waals surface area contributed by atoms with Gasteiger partial charge >= 0.3 is 6.09 Å². The van der Waals surface area contributed by atoms with Crippen molar-refractivity contribution in [1.29, 1.82) is 0 Å². The molecule has 0 radical (unpaired) electrons. The fraction of sp³-hybridized carbons (Fsp3) is 0.348. The number of nitrogens with zero attached hydrogens (tertiary/aromatic N) is 3. The molecule has 0 atom stereocenters. The van der Waals surface area contributed by atoms with Crippen molar-refractivity contribution < 1.29 is 14.3 Å². The van der Waals surface area contributed by atoms with Gasteiger partial charge in [0.1, 0.15) is 5.60 Å². The summed E-state index contributed by atoms with van der Waals surface area (Å²) >= 11 is 0. The van der Waals surface area contributed by atoms with Crippen molar-refractivity contribution in [3.05, 3.63) is 47.8 Å². The molecule has 162 valence electrons. The van der Waals surface area contributed by atoms with Gasteiger partial charge in [-0.2, -0.15) is 5.10 Å². The van der Waals surface area contributed by atoms with E-state index in [9.17, 15) is 9.59 Å². The zero-order chi connectivity index (χ0) is 22.3. The number of ether oxygens (including phenoxy) is 1. The van der Waals surface area contributed by atoms with Crippen LogP contribution in [0.2, 0.25) is 0 Å². The van der Waals surface area contributed by atoms with Gasteiger partial charge in [0.15, 0.2) is 0 Å². The first kappa shape index (κ1) is 20.7. The number of primary amides is 1. The van der Waals surface area contributed by atoms with Crippen molar-refractivity contribution in [1.82, 2.24) is 19.7 Å². The van der Waals surface area contributed by atoms with Crippen molar-refractivity contribution in [2.75, 3.05) is 13.1 Å². The summed E-state index contributed by atoms with van der Waals surface area (Å²) in [5.74, 6) is -0.496. The van der Waals surface area contributed by atoms with Crippen LogP contribution in [0.3, 0.4) is 0 Å². The Balaban J connectivity index is 1.74. The van der Waals surface area contributed by atoms with Gasteiger partial charge in [0.25, 0.3) is 5.91 Å². The Labute approximate surface area is 180 Å². The Morgan fingerprint density at radius 2 is 2.03 bits per heavy atom. The monoisotopic (exact) mass is 421 g/mol. The molecule has 0 unspecified atom stereocenters. The average molecular weight is 422 g/mol. The molecule has 0 bridgehead atoms. The van der Waals surface area contributed by atoms with E-state index >= 15 is 0 Å². The van der Waals surface area contributed by atoms with Gasteiger partial charge in [0.05, 0.1) is 17.3 Å². The topological polar surface area (TPSA) is 106 Å². The number of aromatic amines is 1. The molecule has 0 aliphatic carbocycles. The van der Waals surface area contributed by atoms with Gasteiger partial charge in [-0.15, -0.1) is 0 Å². The number of hydrogen-bond acceptors (Lipinski definition) is 4. The van der Waals surface area contributed by atoms with E-state index in [2.05, 4.69) is 16.2 Å². The van der Waals surface area contributed by atoms with Gasteiger partial charge in [-0.25, -0.2) is 4.79 Å². The Kier molecular flexibility index (Phi) is 5.08. The van der Waals surface area contributed by atoms with E-state index in [4.69, 9.17) is 10.5 Å². The minimum atomic E-state index is -0.548. The molecule has 8 nitrogen and oxygen atoms in total. The molecule has 0 saturated carbocycles. The summed E-state index contributed by atoms with van der Waals surface area (Å²) in [5, 5.41) is 5.11. The molecule has 0 fully saturated rings. The number of fused-ring (bicyclic) bond motifs is 1. The lowest BCUT2D eigenvalue weighted by molar-refractivity contribution is 0.0273. The van der Waals surface area contributed by atoms with E-state index in [0.29, 0.717) is 24.2 Å². The van der Waals surface area contributed by atoms with Gasteiger partial charge in [-0.1, -0.05) is 12.1 Å². The van der Waals surface area contributed by atoms with E-state index in [0.717, 1.165) is 34.2 Å². The number of aromatic nitrogens is 3. The summed E-state index contributed by atoms with van der Waals surface area (Å²) in [6, 6.07) is 5.63. The van der Waals surface area contributed by atoms with Crippen LogP contribution in [0.25, 0.3) is 27.7 Å². The van der Waals surface area contributed by atoms with Crippen LogP contribution in [0.1, 0.15) is 43.1 Å². The van der Waals surface area contributed by atoms with Crippen LogP contribution < -0.4 is 5.73 Å². The lowest BCUT2D eigenvalue weighted by atomic mass is 9.96. The largest absolute Gasteiger partial charge is 0.444 e. The molecule has 8 heteroatoms. The number of nitrogens with one attached hydrogen (secondary N) is 1. The van der Waals surface area contributed by atoms with Crippen LogP contribution in [-0.4, -0.2) is 50.4 Å². The molecule has 3 aromatic rings. The number of hydrogen-bond donors (Lipinski definition) is 2. The molecule has 0 saturated heterocycles. The van der Waals surface area contributed by atoms with Crippen molar-refractivity contribution >= 4 is 28.5 Å². The van der Waals surface area contributed by atoms with Gasteiger partial charge in [0.2, 0.25) is 0 Å². The van der Waals surface area contributed by atoms with Crippen molar-refractivity contribution in [2.24, 2.45) is 12.8 Å². The Morgan fingerprint density at radius 1 is 1.26 bits per heavy atom. The van der Waals surface area contributed by atoms with Crippen molar-refractivity contribution in [3.8, 4) is 11.3 Å². The molecule has 1 aromatic carbocycles. The zero-order valence-electron chi connectivity index (χ0n) is 18.2. The maximum absolute atomic E-state index is 12.6. The standard InChI is InChI=1S/C23H27N5O3/c1-23(2,3)31-22(30)28-9-5-6-14(13-28)16-7-8-17(21(24)29)20-18(16)10-19(26-20)15-11-25-27(4)12-15/h6-8,10-12,26H,5,9,13H2,1-4H3,(H2,24,29). The predicted molar refractivity (Wildman–Crippen MR) is 119 cm³/mol. The number of carbonyl (C=O) groups excluding carboxylic acids is 2. The minimum absolute atomic E-state index is 0.326. The summed E-state index contributed by atoms with van der Waals surface area (Å²) < 4.78 is 7.27. The molecule has 3 N–H and O–H groups in total. The molecule has 0 spiro atoms. The smallest absolute Gasteiger partial charge is 0.410 e. The van der Waals surface area contributed by atoms with Crippen LogP contribution >= 0.6 is 0 Å². The highest BCUT2D eigenvalue weighted by Crippen LogP contribution is 2.33. The molecule has 3 heterocycles. The van der Waals surface area contributed by atoms with Gasteiger partial charge in [-0.05, 0) is 50.5 Å². The Bertz CT molecular complexity index is 1200. The molecule has 2 amide bonds. The molecule has 4 rings (SSSR count). The van der Waals surface area contributed by atoms with E-state index < -0.39 is 11.5 Å². The molecule has 1 aliphatic rings. The Morgan fingerprint density at radius 3 is 2.68 bits per heavy atom. The van der Waals surface area contributed by atoms with E-state index in [1.54, 1.807) is 21.8 Å². The summed E-state index contributed by atoms with van der Waals surface area (Å²) in [6.07, 6.45) is 6.20. The van der Waals surface area contributed by atoms with Crippen LogP contribution in [0.15, 0.2) is 36.7 Å². The van der Waals surface area contributed by atoms with E-state index in [-0.39, 0.29) is 6.09 Å². The van der Waals surface area contributed by atoms with Gasteiger partial charge in [0, 0.05) is 43.0 Å². The van der Waals surface area contributed by atoms with Crippen molar-refractivity contribution in [3.63, 3.8) is 0 Å². The quantitative estimate of drug-likeness (QED) is 0.672. The number of rotatable bonds is 3. The number of carbonyl (C=O) groups is 2. The van der Waals surface area contributed by atoms with Crippen molar-refractivity contribution in [2.45, 2.75) is 32.8 Å². The fourth-order valence-electron chi connectivity index (χ4n) is 3.84. The average Bonchev–Trinajstić information content (AvgIpc) is 3.32. The number of amides is 2.